The average Bonchev–Trinajstić information content (AvgIpc) is 3.55. The number of ether oxygens (including phenoxy) is 1. The number of benzene rings is 3. The first-order valence-electron chi connectivity index (χ1n) is 15.2. The SMILES string of the molecule is C[C@@H](O)CNC(=O)[C@@H](Cc1ccc(F)c(F)c1)N(C)C(=O)[C@@H](Cc1ccc2ccccc2c1)N(C)C(=O)COC[C@@H]1CCCN1. The minimum atomic E-state index is -1.14. The molecule has 0 spiro atoms. The minimum absolute atomic E-state index is 0.0682. The Bertz CT molecular complexity index is 1480. The molecule has 0 saturated carbocycles. The van der Waals surface area contributed by atoms with Gasteiger partial charge in [0.2, 0.25) is 17.7 Å². The molecule has 1 aliphatic heterocycles. The maximum Gasteiger partial charge on any atom is 0.249 e. The lowest BCUT2D eigenvalue weighted by Gasteiger charge is -2.35. The number of carbonyl (C=O) groups excluding carboxylic acids is 3. The standard InChI is InChI=1S/C34H42F2N4O5/c1-22(41)19-38-33(43)30(17-24-11-13-28(35)29(36)16-24)40(3)34(44)31(18-23-10-12-25-7-4-5-8-26(25)15-23)39(2)32(42)21-45-20-27-9-6-14-37-27/h4-5,7-8,10-13,15-16,22,27,30-31,37,41H,6,9,14,17-21H2,1-3H3,(H,38,43)/t22-,27+,30-,31-/m1/s1. The summed E-state index contributed by atoms with van der Waals surface area (Å²) in [5.74, 6) is -3.59. The van der Waals surface area contributed by atoms with Gasteiger partial charge in [-0.25, -0.2) is 8.78 Å². The molecule has 9 nitrogen and oxygen atoms in total. The van der Waals surface area contributed by atoms with Crippen LogP contribution in [0.3, 0.4) is 0 Å². The summed E-state index contributed by atoms with van der Waals surface area (Å²) in [6.07, 6.45) is 1.21. The van der Waals surface area contributed by atoms with Crippen LogP contribution in [0.15, 0.2) is 60.7 Å². The van der Waals surface area contributed by atoms with Crippen molar-refractivity contribution >= 4 is 28.5 Å². The van der Waals surface area contributed by atoms with Crippen molar-refractivity contribution in [2.45, 2.75) is 56.8 Å². The van der Waals surface area contributed by atoms with Gasteiger partial charge in [0.1, 0.15) is 18.7 Å². The minimum Gasteiger partial charge on any atom is -0.392 e. The van der Waals surface area contributed by atoms with Gasteiger partial charge < -0.3 is 30.3 Å². The van der Waals surface area contributed by atoms with Crippen molar-refractivity contribution in [2.24, 2.45) is 0 Å². The third-order valence-electron chi connectivity index (χ3n) is 8.20. The second-order valence-corrected chi connectivity index (χ2v) is 11.7. The summed E-state index contributed by atoms with van der Waals surface area (Å²) in [7, 11) is 2.98. The fourth-order valence-electron chi connectivity index (χ4n) is 5.49. The predicted molar refractivity (Wildman–Crippen MR) is 167 cm³/mol. The van der Waals surface area contributed by atoms with Crippen LogP contribution >= 0.6 is 0 Å². The molecule has 3 aromatic carbocycles. The molecule has 0 unspecified atom stereocenters. The molecule has 3 aromatic rings. The van der Waals surface area contributed by atoms with Gasteiger partial charge in [0.15, 0.2) is 11.6 Å². The summed E-state index contributed by atoms with van der Waals surface area (Å²) in [4.78, 5) is 43.5. The molecule has 0 aromatic heterocycles. The fourth-order valence-corrected chi connectivity index (χ4v) is 5.49. The van der Waals surface area contributed by atoms with Crippen LogP contribution in [0.4, 0.5) is 8.78 Å². The number of nitrogens with zero attached hydrogens (tertiary/aromatic N) is 2. The Hall–Kier alpha value is -3.93. The van der Waals surface area contributed by atoms with E-state index >= 15 is 0 Å². The summed E-state index contributed by atoms with van der Waals surface area (Å²) in [6, 6.07) is 15.0. The molecule has 1 fully saturated rings. The number of fused-ring (bicyclic) bond motifs is 1. The first-order chi connectivity index (χ1) is 21.5. The lowest BCUT2D eigenvalue weighted by molar-refractivity contribution is -0.149. The number of amides is 3. The molecule has 3 N–H and O–H groups in total. The van der Waals surface area contributed by atoms with E-state index in [1.807, 2.05) is 42.5 Å². The zero-order chi connectivity index (χ0) is 32.5. The number of likely N-dealkylation sites (N-methyl/N-ethyl adjacent to an activating group) is 2. The third kappa shape index (κ3) is 9.29. The Morgan fingerprint density at radius 3 is 2.33 bits per heavy atom. The molecular weight excluding hydrogens is 582 g/mol. The van der Waals surface area contributed by atoms with E-state index in [1.165, 1.54) is 36.9 Å². The van der Waals surface area contributed by atoms with E-state index in [2.05, 4.69) is 10.6 Å². The van der Waals surface area contributed by atoms with Crippen LogP contribution in [0.1, 0.15) is 30.9 Å². The monoisotopic (exact) mass is 624 g/mol. The molecule has 0 aliphatic carbocycles. The summed E-state index contributed by atoms with van der Waals surface area (Å²) in [5.41, 5.74) is 1.11. The zero-order valence-corrected chi connectivity index (χ0v) is 26.0. The summed E-state index contributed by atoms with van der Waals surface area (Å²) >= 11 is 0. The molecule has 3 amide bonds. The van der Waals surface area contributed by atoms with Gasteiger partial charge in [-0.3, -0.25) is 14.4 Å². The number of aliphatic hydroxyl groups excluding tert-OH is 1. The van der Waals surface area contributed by atoms with Crippen molar-refractivity contribution in [3.05, 3.63) is 83.4 Å². The summed E-state index contributed by atoms with van der Waals surface area (Å²) in [6.45, 7) is 2.51. The first-order valence-corrected chi connectivity index (χ1v) is 15.2. The quantitative estimate of drug-likeness (QED) is 0.255. The summed E-state index contributed by atoms with van der Waals surface area (Å²) < 4.78 is 33.4. The highest BCUT2D eigenvalue weighted by molar-refractivity contribution is 5.92. The van der Waals surface area contributed by atoms with Gasteiger partial charge in [0, 0.05) is 39.5 Å². The van der Waals surface area contributed by atoms with Gasteiger partial charge in [-0.1, -0.05) is 48.5 Å². The van der Waals surface area contributed by atoms with Gasteiger partial charge in [-0.2, -0.15) is 0 Å². The van der Waals surface area contributed by atoms with Crippen molar-refractivity contribution in [1.82, 2.24) is 20.4 Å². The Morgan fingerprint density at radius 2 is 1.64 bits per heavy atom. The molecule has 45 heavy (non-hydrogen) atoms. The highest BCUT2D eigenvalue weighted by atomic mass is 19.2. The fraction of sp³-hybridized carbons (Fsp3) is 0.441. The van der Waals surface area contributed by atoms with Crippen LogP contribution < -0.4 is 10.6 Å². The molecular formula is C34H42F2N4O5. The largest absolute Gasteiger partial charge is 0.392 e. The van der Waals surface area contributed by atoms with Crippen LogP contribution in [0.25, 0.3) is 10.8 Å². The van der Waals surface area contributed by atoms with Crippen molar-refractivity contribution in [3.8, 4) is 0 Å². The van der Waals surface area contributed by atoms with E-state index in [-0.39, 0.29) is 32.0 Å². The first kappa shape index (κ1) is 34.0. The van der Waals surface area contributed by atoms with Crippen LogP contribution in [0.5, 0.6) is 0 Å². The van der Waals surface area contributed by atoms with Crippen LogP contribution in [-0.4, -0.2) is 97.3 Å². The molecule has 1 saturated heterocycles. The molecule has 1 aliphatic rings. The second kappa shape index (κ2) is 15.9. The van der Waals surface area contributed by atoms with E-state index in [1.54, 1.807) is 0 Å². The maximum atomic E-state index is 14.3. The molecule has 4 rings (SSSR count). The lowest BCUT2D eigenvalue weighted by Crippen LogP contribution is -2.56. The number of hydrogen-bond acceptors (Lipinski definition) is 6. The van der Waals surface area contributed by atoms with Gasteiger partial charge in [-0.05, 0) is 60.3 Å². The molecule has 1 heterocycles. The number of hydrogen-bond donors (Lipinski definition) is 3. The Kier molecular flexibility index (Phi) is 12.0. The number of rotatable bonds is 14. The Balaban J connectivity index is 1.60. The van der Waals surface area contributed by atoms with Crippen LogP contribution in [0.2, 0.25) is 0 Å². The molecule has 0 bridgehead atoms. The van der Waals surface area contributed by atoms with E-state index in [0.717, 1.165) is 47.9 Å². The Labute approximate surface area is 262 Å². The van der Waals surface area contributed by atoms with E-state index in [9.17, 15) is 28.3 Å². The molecule has 242 valence electrons. The van der Waals surface area contributed by atoms with Crippen molar-refractivity contribution in [3.63, 3.8) is 0 Å². The maximum absolute atomic E-state index is 14.3. The van der Waals surface area contributed by atoms with Crippen molar-refractivity contribution < 1.29 is 33.0 Å². The summed E-state index contributed by atoms with van der Waals surface area (Å²) in [5, 5.41) is 17.7. The van der Waals surface area contributed by atoms with Crippen molar-refractivity contribution in [1.29, 1.82) is 0 Å². The number of halogens is 2. The molecule has 4 atom stereocenters. The average molecular weight is 625 g/mol. The highest BCUT2D eigenvalue weighted by Crippen LogP contribution is 2.20. The van der Waals surface area contributed by atoms with E-state index in [4.69, 9.17) is 4.74 Å². The third-order valence-corrected chi connectivity index (χ3v) is 8.20. The normalized spacial score (nSPS) is 16.6. The van der Waals surface area contributed by atoms with E-state index < -0.39 is 47.5 Å². The van der Waals surface area contributed by atoms with Crippen LogP contribution in [-0.2, 0) is 32.0 Å². The van der Waals surface area contributed by atoms with Gasteiger partial charge in [0.05, 0.1) is 12.7 Å². The van der Waals surface area contributed by atoms with Gasteiger partial charge in [0.25, 0.3) is 0 Å². The highest BCUT2D eigenvalue weighted by Gasteiger charge is 2.35. The lowest BCUT2D eigenvalue weighted by atomic mass is 9.98. The molecule has 0 radical (unpaired) electrons. The Morgan fingerprint density at radius 1 is 0.956 bits per heavy atom. The molecule has 11 heteroatoms. The second-order valence-electron chi connectivity index (χ2n) is 11.7. The number of carbonyl (C=O) groups is 3. The zero-order valence-electron chi connectivity index (χ0n) is 26.0. The number of nitrogens with one attached hydrogen (secondary N) is 2. The number of aliphatic hydroxyl groups is 1. The van der Waals surface area contributed by atoms with Crippen molar-refractivity contribution in [2.75, 3.05) is 40.4 Å². The van der Waals surface area contributed by atoms with E-state index in [0.29, 0.717) is 12.2 Å². The van der Waals surface area contributed by atoms with Gasteiger partial charge in [-0.15, -0.1) is 0 Å². The van der Waals surface area contributed by atoms with Crippen LogP contribution in [0, 0.1) is 11.6 Å². The smallest absolute Gasteiger partial charge is 0.249 e. The van der Waals surface area contributed by atoms with Gasteiger partial charge >= 0.3 is 0 Å². The topological polar surface area (TPSA) is 111 Å². The predicted octanol–water partition coefficient (Wildman–Crippen LogP) is 2.82.